The van der Waals surface area contributed by atoms with Gasteiger partial charge in [0.2, 0.25) is 5.91 Å². The molecule has 1 fully saturated rings. The first kappa shape index (κ1) is 20.5. The van der Waals surface area contributed by atoms with Gasteiger partial charge in [0.25, 0.3) is 0 Å². The molecule has 144 valence electrons. The van der Waals surface area contributed by atoms with Crippen LogP contribution in [0, 0.1) is 0 Å². The lowest BCUT2D eigenvalue weighted by atomic mass is 10.2. The molecular formula is C17H23ClN2O5S. The molecule has 9 heteroatoms. The number of hydrogen-bond donors (Lipinski definition) is 1. The van der Waals surface area contributed by atoms with Crippen molar-refractivity contribution in [2.24, 2.45) is 0 Å². The van der Waals surface area contributed by atoms with E-state index in [2.05, 4.69) is 5.32 Å². The van der Waals surface area contributed by atoms with Crippen LogP contribution in [0.1, 0.15) is 33.6 Å². The van der Waals surface area contributed by atoms with Gasteiger partial charge in [0.15, 0.2) is 9.84 Å². The Morgan fingerprint density at radius 3 is 2.54 bits per heavy atom. The molecule has 0 radical (unpaired) electrons. The number of likely N-dealkylation sites (tertiary alicyclic amines) is 1. The number of hydrogen-bond acceptors (Lipinski definition) is 5. The first-order valence-electron chi connectivity index (χ1n) is 8.18. The van der Waals surface area contributed by atoms with Crippen LogP contribution < -0.4 is 5.32 Å². The molecule has 0 aromatic heterocycles. The monoisotopic (exact) mass is 402 g/mol. The van der Waals surface area contributed by atoms with Gasteiger partial charge in [-0.15, -0.1) is 0 Å². The van der Waals surface area contributed by atoms with Crippen LogP contribution in [0.4, 0.5) is 10.5 Å². The van der Waals surface area contributed by atoms with Gasteiger partial charge in [0.05, 0.1) is 15.6 Å². The number of carbonyl (C=O) groups excluding carboxylic acids is 2. The number of sulfone groups is 1. The van der Waals surface area contributed by atoms with Crippen LogP contribution >= 0.6 is 11.6 Å². The predicted octanol–water partition coefficient (Wildman–Crippen LogP) is 3.08. The number of nitrogens with zero attached hydrogens (tertiary/aromatic N) is 1. The zero-order chi connectivity index (χ0) is 19.7. The van der Waals surface area contributed by atoms with Crippen LogP contribution in [0.25, 0.3) is 0 Å². The lowest BCUT2D eigenvalue weighted by Gasteiger charge is -2.28. The number of benzene rings is 1. The molecule has 2 amide bonds. The minimum atomic E-state index is -3.44. The number of anilines is 1. The summed E-state index contributed by atoms with van der Waals surface area (Å²) in [5.41, 5.74) is -0.469. The molecule has 0 bridgehead atoms. The molecule has 0 unspecified atom stereocenters. The summed E-state index contributed by atoms with van der Waals surface area (Å²) in [4.78, 5) is 26.4. The molecule has 0 spiro atoms. The van der Waals surface area contributed by atoms with Crippen LogP contribution in [-0.2, 0) is 19.4 Å². The van der Waals surface area contributed by atoms with Gasteiger partial charge in [0, 0.05) is 12.8 Å². The highest BCUT2D eigenvalue weighted by atomic mass is 35.5. The number of halogens is 1. The molecule has 1 atom stereocenters. The van der Waals surface area contributed by atoms with Gasteiger partial charge in [-0.2, -0.15) is 0 Å². The van der Waals surface area contributed by atoms with E-state index in [4.69, 9.17) is 16.3 Å². The molecule has 0 aliphatic carbocycles. The Kier molecular flexibility index (Phi) is 5.87. The van der Waals surface area contributed by atoms with E-state index < -0.39 is 33.5 Å². The summed E-state index contributed by atoms with van der Waals surface area (Å²) in [7, 11) is -3.44. The van der Waals surface area contributed by atoms with Gasteiger partial charge >= 0.3 is 6.09 Å². The second kappa shape index (κ2) is 7.44. The molecule has 1 aromatic carbocycles. The molecule has 0 saturated carbocycles. The molecule has 1 heterocycles. The molecule has 1 aromatic rings. The maximum Gasteiger partial charge on any atom is 0.410 e. The maximum atomic E-state index is 12.6. The average molecular weight is 403 g/mol. The molecule has 1 saturated heterocycles. The highest BCUT2D eigenvalue weighted by Crippen LogP contribution is 2.27. The van der Waals surface area contributed by atoms with Crippen LogP contribution in [0.3, 0.4) is 0 Å². The maximum absolute atomic E-state index is 12.6. The fourth-order valence-electron chi connectivity index (χ4n) is 2.63. The molecular weight excluding hydrogens is 380 g/mol. The molecule has 1 N–H and O–H groups in total. The third kappa shape index (κ3) is 5.11. The molecule has 1 aliphatic rings. The first-order valence-corrected chi connectivity index (χ1v) is 10.5. The summed E-state index contributed by atoms with van der Waals surface area (Å²) in [6.07, 6.45) is 1.69. The van der Waals surface area contributed by atoms with Gasteiger partial charge in [-0.3, -0.25) is 9.69 Å². The second-order valence-corrected chi connectivity index (χ2v) is 9.66. The van der Waals surface area contributed by atoms with Crippen molar-refractivity contribution >= 4 is 39.1 Å². The average Bonchev–Trinajstić information content (AvgIpc) is 2.96. The van der Waals surface area contributed by atoms with Crippen LogP contribution in [-0.4, -0.2) is 49.8 Å². The van der Waals surface area contributed by atoms with Gasteiger partial charge in [-0.1, -0.05) is 11.6 Å². The van der Waals surface area contributed by atoms with E-state index >= 15 is 0 Å². The summed E-state index contributed by atoms with van der Waals surface area (Å²) >= 11 is 6.07. The Bertz CT molecular complexity index is 817. The normalized spacial score (nSPS) is 17.9. The topological polar surface area (TPSA) is 92.8 Å². The van der Waals surface area contributed by atoms with Crippen molar-refractivity contribution in [3.8, 4) is 0 Å². The predicted molar refractivity (Wildman–Crippen MR) is 99.2 cm³/mol. The Morgan fingerprint density at radius 1 is 1.31 bits per heavy atom. The summed E-state index contributed by atoms with van der Waals surface area (Å²) < 4.78 is 28.7. The Hall–Kier alpha value is -1.80. The lowest BCUT2D eigenvalue weighted by molar-refractivity contribution is -0.120. The minimum Gasteiger partial charge on any atom is -0.444 e. The number of ether oxygens (including phenoxy) is 1. The third-order valence-electron chi connectivity index (χ3n) is 3.81. The molecule has 2 rings (SSSR count). The lowest BCUT2D eigenvalue weighted by Crippen LogP contribution is -2.45. The summed E-state index contributed by atoms with van der Waals surface area (Å²) in [6.45, 7) is 5.69. The summed E-state index contributed by atoms with van der Waals surface area (Å²) in [6, 6.07) is 3.40. The molecule has 7 nitrogen and oxygen atoms in total. The number of carbonyl (C=O) groups is 2. The van der Waals surface area contributed by atoms with Crippen LogP contribution in [0.15, 0.2) is 23.1 Å². The fourth-order valence-corrected chi connectivity index (χ4v) is 3.44. The fraction of sp³-hybridized carbons (Fsp3) is 0.529. The number of amides is 2. The Balaban J connectivity index is 2.18. The largest absolute Gasteiger partial charge is 0.444 e. The van der Waals surface area contributed by atoms with Gasteiger partial charge in [-0.05, 0) is 51.8 Å². The van der Waals surface area contributed by atoms with E-state index in [0.29, 0.717) is 19.4 Å². The highest BCUT2D eigenvalue weighted by Gasteiger charge is 2.36. The molecule has 1 aliphatic heterocycles. The highest BCUT2D eigenvalue weighted by molar-refractivity contribution is 7.90. The van der Waals surface area contributed by atoms with Crippen molar-refractivity contribution < 1.29 is 22.7 Å². The first-order chi connectivity index (χ1) is 11.9. The zero-order valence-electron chi connectivity index (χ0n) is 15.2. The Labute approximate surface area is 158 Å². The van der Waals surface area contributed by atoms with Gasteiger partial charge in [-0.25, -0.2) is 13.2 Å². The standard InChI is InChI=1S/C17H23ClN2O5S/c1-17(2,3)25-16(22)20-9-5-6-14(20)15(21)19-13-10-11(26(4,23)24)7-8-12(13)18/h7-8,10,14H,5-6,9H2,1-4H3,(H,19,21)/t14-/m0/s1. The van der Waals surface area contributed by atoms with Crippen molar-refractivity contribution in [2.75, 3.05) is 18.1 Å². The SMILES string of the molecule is CC(C)(C)OC(=O)N1CCC[C@H]1C(=O)Nc1cc(S(C)(=O)=O)ccc1Cl. The van der Waals surface area contributed by atoms with E-state index in [9.17, 15) is 18.0 Å². The third-order valence-corrected chi connectivity index (χ3v) is 5.25. The van der Waals surface area contributed by atoms with Crippen molar-refractivity contribution in [1.29, 1.82) is 0 Å². The van der Waals surface area contributed by atoms with E-state index in [-0.39, 0.29) is 15.6 Å². The van der Waals surface area contributed by atoms with Crippen molar-refractivity contribution in [3.63, 3.8) is 0 Å². The molecule has 26 heavy (non-hydrogen) atoms. The number of rotatable bonds is 3. The van der Waals surface area contributed by atoms with Crippen LogP contribution in [0.2, 0.25) is 5.02 Å². The quantitative estimate of drug-likeness (QED) is 0.838. The zero-order valence-corrected chi connectivity index (χ0v) is 16.8. The van der Waals surface area contributed by atoms with Crippen molar-refractivity contribution in [2.45, 2.75) is 50.2 Å². The smallest absolute Gasteiger partial charge is 0.410 e. The van der Waals surface area contributed by atoms with E-state index in [1.807, 2.05) is 0 Å². The summed E-state index contributed by atoms with van der Waals surface area (Å²) in [5, 5.41) is 2.84. The van der Waals surface area contributed by atoms with Gasteiger partial charge in [0.1, 0.15) is 11.6 Å². The van der Waals surface area contributed by atoms with E-state index in [1.165, 1.54) is 23.1 Å². The Morgan fingerprint density at radius 2 is 1.96 bits per heavy atom. The summed E-state index contributed by atoms with van der Waals surface area (Å²) in [5.74, 6) is -0.430. The van der Waals surface area contributed by atoms with Crippen LogP contribution in [0.5, 0.6) is 0 Å². The van der Waals surface area contributed by atoms with Crippen molar-refractivity contribution in [1.82, 2.24) is 4.90 Å². The van der Waals surface area contributed by atoms with E-state index in [1.54, 1.807) is 20.8 Å². The number of nitrogens with one attached hydrogen (secondary N) is 1. The van der Waals surface area contributed by atoms with Gasteiger partial charge < -0.3 is 10.1 Å². The second-order valence-electron chi connectivity index (χ2n) is 7.23. The minimum absolute atomic E-state index is 0.0487. The van der Waals surface area contributed by atoms with Crippen molar-refractivity contribution in [3.05, 3.63) is 23.2 Å². The van der Waals surface area contributed by atoms with E-state index in [0.717, 1.165) is 6.26 Å².